The van der Waals surface area contributed by atoms with Gasteiger partial charge >= 0.3 is 0 Å². The predicted octanol–water partition coefficient (Wildman–Crippen LogP) is 1.18. The normalized spacial score (nSPS) is 15.2. The van der Waals surface area contributed by atoms with Crippen molar-refractivity contribution in [2.75, 3.05) is 34.4 Å². The molecule has 0 aromatic heterocycles. The number of nitrogens with two attached hydrogens (primary N) is 1. The molecule has 0 heterocycles. The van der Waals surface area contributed by atoms with E-state index in [1.165, 1.54) is 21.3 Å². The Bertz CT molecular complexity index is 527. The van der Waals surface area contributed by atoms with Crippen LogP contribution in [0.2, 0.25) is 0 Å². The van der Waals surface area contributed by atoms with E-state index in [0.717, 1.165) is 12.8 Å². The summed E-state index contributed by atoms with van der Waals surface area (Å²) in [5, 5.41) is 2.92. The van der Waals surface area contributed by atoms with E-state index in [0.29, 0.717) is 35.9 Å². The smallest absolute Gasteiger partial charge is 0.255 e. The van der Waals surface area contributed by atoms with Crippen molar-refractivity contribution in [3.8, 4) is 17.2 Å². The Kier molecular flexibility index (Phi) is 4.57. The highest BCUT2D eigenvalue weighted by atomic mass is 16.5. The average molecular weight is 294 g/mol. The molecule has 1 aromatic rings. The minimum atomic E-state index is -0.201. The van der Waals surface area contributed by atoms with Crippen molar-refractivity contribution in [2.24, 2.45) is 11.1 Å². The summed E-state index contributed by atoms with van der Waals surface area (Å²) in [7, 11) is 4.54. The first-order valence-corrected chi connectivity index (χ1v) is 6.88. The maximum Gasteiger partial charge on any atom is 0.255 e. The average Bonchev–Trinajstić information content (AvgIpc) is 3.31. The number of nitrogens with one attached hydrogen (secondary N) is 1. The molecular weight excluding hydrogens is 272 g/mol. The third kappa shape index (κ3) is 3.05. The second-order valence-electron chi connectivity index (χ2n) is 5.27. The van der Waals surface area contributed by atoms with Crippen molar-refractivity contribution < 1.29 is 19.0 Å². The lowest BCUT2D eigenvalue weighted by Crippen LogP contribution is -2.34. The van der Waals surface area contributed by atoms with E-state index >= 15 is 0 Å². The van der Waals surface area contributed by atoms with Crippen molar-refractivity contribution in [3.63, 3.8) is 0 Å². The van der Waals surface area contributed by atoms with Crippen LogP contribution in [0.1, 0.15) is 23.2 Å². The summed E-state index contributed by atoms with van der Waals surface area (Å²) in [5.41, 5.74) is 6.22. The van der Waals surface area contributed by atoms with Crippen molar-refractivity contribution in [2.45, 2.75) is 12.8 Å². The lowest BCUT2D eigenvalue weighted by Gasteiger charge is -2.17. The summed E-state index contributed by atoms with van der Waals surface area (Å²) in [6.45, 7) is 1.18. The second-order valence-corrected chi connectivity index (χ2v) is 5.27. The van der Waals surface area contributed by atoms with E-state index in [-0.39, 0.29) is 11.3 Å². The third-order valence-corrected chi connectivity index (χ3v) is 3.96. The maximum atomic E-state index is 12.4. The Balaban J connectivity index is 2.20. The number of amides is 1. The molecule has 21 heavy (non-hydrogen) atoms. The van der Waals surface area contributed by atoms with Crippen LogP contribution in [0, 0.1) is 5.41 Å². The first-order chi connectivity index (χ1) is 10.1. The minimum absolute atomic E-state index is 0.0828. The summed E-state index contributed by atoms with van der Waals surface area (Å²) in [4.78, 5) is 12.4. The first kappa shape index (κ1) is 15.4. The van der Waals surface area contributed by atoms with Gasteiger partial charge < -0.3 is 25.3 Å². The molecule has 0 saturated heterocycles. The monoisotopic (exact) mass is 294 g/mol. The standard InChI is InChI=1S/C15H22N2O4/c1-19-11-5-4-10(12(20-2)13(11)21-3)14(18)17-9-15(8-16)6-7-15/h4-5H,6-9,16H2,1-3H3,(H,17,18). The summed E-state index contributed by atoms with van der Waals surface area (Å²) in [6.07, 6.45) is 2.12. The van der Waals surface area contributed by atoms with Crippen molar-refractivity contribution >= 4 is 5.91 Å². The van der Waals surface area contributed by atoms with Crippen LogP contribution in [0.15, 0.2) is 12.1 Å². The molecule has 6 heteroatoms. The number of ether oxygens (including phenoxy) is 3. The molecule has 1 saturated carbocycles. The van der Waals surface area contributed by atoms with Crippen molar-refractivity contribution in [1.29, 1.82) is 0 Å². The molecule has 1 aromatic carbocycles. The third-order valence-electron chi connectivity index (χ3n) is 3.96. The molecule has 1 amide bonds. The SMILES string of the molecule is COc1ccc(C(=O)NCC2(CN)CC2)c(OC)c1OC. The number of hydrogen-bond donors (Lipinski definition) is 2. The van der Waals surface area contributed by atoms with Gasteiger partial charge in [0.15, 0.2) is 11.5 Å². The Labute approximate surface area is 124 Å². The van der Waals surface area contributed by atoms with Crippen LogP contribution in [0.4, 0.5) is 0 Å². The van der Waals surface area contributed by atoms with E-state index in [1.807, 2.05) is 0 Å². The van der Waals surface area contributed by atoms with Gasteiger partial charge in [0.25, 0.3) is 5.91 Å². The van der Waals surface area contributed by atoms with E-state index in [9.17, 15) is 4.79 Å². The highest BCUT2D eigenvalue weighted by Crippen LogP contribution is 2.44. The van der Waals surface area contributed by atoms with Crippen molar-refractivity contribution in [1.82, 2.24) is 5.32 Å². The van der Waals surface area contributed by atoms with Crippen LogP contribution >= 0.6 is 0 Å². The van der Waals surface area contributed by atoms with E-state index in [2.05, 4.69) is 5.32 Å². The Hall–Kier alpha value is -1.95. The van der Waals surface area contributed by atoms with E-state index in [4.69, 9.17) is 19.9 Å². The molecule has 6 nitrogen and oxygen atoms in total. The Morgan fingerprint density at radius 2 is 1.86 bits per heavy atom. The Morgan fingerprint density at radius 3 is 2.33 bits per heavy atom. The molecule has 0 unspecified atom stereocenters. The molecule has 1 aliphatic rings. The number of hydrogen-bond acceptors (Lipinski definition) is 5. The largest absolute Gasteiger partial charge is 0.493 e. The van der Waals surface area contributed by atoms with Gasteiger partial charge in [0, 0.05) is 12.0 Å². The summed E-state index contributed by atoms with van der Waals surface area (Å²) < 4.78 is 15.8. The fraction of sp³-hybridized carbons (Fsp3) is 0.533. The number of methoxy groups -OCH3 is 3. The van der Waals surface area contributed by atoms with Gasteiger partial charge in [-0.05, 0) is 31.5 Å². The van der Waals surface area contributed by atoms with Crippen LogP contribution in [0.5, 0.6) is 17.2 Å². The van der Waals surface area contributed by atoms with Gasteiger partial charge in [0.2, 0.25) is 5.75 Å². The molecule has 0 spiro atoms. The van der Waals surface area contributed by atoms with Gasteiger partial charge in [-0.2, -0.15) is 0 Å². The van der Waals surface area contributed by atoms with E-state index in [1.54, 1.807) is 12.1 Å². The highest BCUT2D eigenvalue weighted by Gasteiger charge is 2.41. The second kappa shape index (κ2) is 6.22. The lowest BCUT2D eigenvalue weighted by molar-refractivity contribution is 0.0941. The number of benzene rings is 1. The zero-order valence-corrected chi connectivity index (χ0v) is 12.7. The van der Waals surface area contributed by atoms with E-state index < -0.39 is 0 Å². The topological polar surface area (TPSA) is 82.8 Å². The highest BCUT2D eigenvalue weighted by molar-refractivity contribution is 5.98. The quantitative estimate of drug-likeness (QED) is 0.789. The molecule has 0 radical (unpaired) electrons. The first-order valence-electron chi connectivity index (χ1n) is 6.88. The predicted molar refractivity (Wildman–Crippen MR) is 79.2 cm³/mol. The Morgan fingerprint density at radius 1 is 1.19 bits per heavy atom. The van der Waals surface area contributed by atoms with Gasteiger partial charge in [-0.25, -0.2) is 0 Å². The fourth-order valence-electron chi connectivity index (χ4n) is 2.27. The van der Waals surface area contributed by atoms with Crippen LogP contribution in [-0.4, -0.2) is 40.3 Å². The van der Waals surface area contributed by atoms with Gasteiger partial charge in [-0.1, -0.05) is 0 Å². The molecule has 116 valence electrons. The van der Waals surface area contributed by atoms with Crippen LogP contribution in [0.25, 0.3) is 0 Å². The summed E-state index contributed by atoms with van der Waals surface area (Å²) >= 11 is 0. The number of rotatable bonds is 7. The lowest BCUT2D eigenvalue weighted by atomic mass is 10.1. The molecular formula is C15H22N2O4. The zero-order valence-electron chi connectivity index (χ0n) is 12.7. The number of carbonyl (C=O) groups excluding carboxylic acids is 1. The molecule has 0 atom stereocenters. The van der Waals surface area contributed by atoms with Gasteiger partial charge in [-0.15, -0.1) is 0 Å². The molecule has 2 rings (SSSR count). The van der Waals surface area contributed by atoms with Crippen LogP contribution in [-0.2, 0) is 0 Å². The molecule has 3 N–H and O–H groups in total. The van der Waals surface area contributed by atoms with Crippen LogP contribution < -0.4 is 25.3 Å². The van der Waals surface area contributed by atoms with Crippen molar-refractivity contribution in [3.05, 3.63) is 17.7 Å². The van der Waals surface area contributed by atoms with Gasteiger partial charge in [0.05, 0.1) is 26.9 Å². The fourth-order valence-corrected chi connectivity index (χ4v) is 2.27. The summed E-state index contributed by atoms with van der Waals surface area (Å²) in [6, 6.07) is 3.35. The minimum Gasteiger partial charge on any atom is -0.493 e. The molecule has 1 aliphatic carbocycles. The molecule has 1 fully saturated rings. The number of carbonyl (C=O) groups is 1. The summed E-state index contributed by atoms with van der Waals surface area (Å²) in [5.74, 6) is 1.10. The van der Waals surface area contributed by atoms with Gasteiger partial charge in [-0.3, -0.25) is 4.79 Å². The van der Waals surface area contributed by atoms with Gasteiger partial charge in [0.1, 0.15) is 0 Å². The molecule has 0 bridgehead atoms. The zero-order chi connectivity index (χ0) is 15.5. The maximum absolute atomic E-state index is 12.4. The van der Waals surface area contributed by atoms with Crippen LogP contribution in [0.3, 0.4) is 0 Å². The molecule has 0 aliphatic heterocycles.